The number of nitroso groups, excluding NO2 is 1. The topological polar surface area (TPSA) is 141 Å². The van der Waals surface area contributed by atoms with Crippen molar-refractivity contribution in [3.63, 3.8) is 0 Å². The number of allylic oxidation sites excluding steroid dienone is 1. The third-order valence-electron chi connectivity index (χ3n) is 4.01. The van der Waals surface area contributed by atoms with Crippen molar-refractivity contribution in [1.29, 1.82) is 0 Å². The van der Waals surface area contributed by atoms with Crippen LogP contribution in [-0.4, -0.2) is 47.9 Å². The molecule has 0 atom stereocenters. The van der Waals surface area contributed by atoms with E-state index in [1.165, 1.54) is 25.0 Å². The molecule has 0 radical (unpaired) electrons. The van der Waals surface area contributed by atoms with E-state index in [1.807, 2.05) is 24.3 Å². The van der Waals surface area contributed by atoms with E-state index in [2.05, 4.69) is 15.1 Å². The summed E-state index contributed by atoms with van der Waals surface area (Å²) in [5.41, 5.74) is 1.57. The Balaban J connectivity index is 0.000000373. The lowest BCUT2D eigenvalue weighted by Gasteiger charge is -2.08. The van der Waals surface area contributed by atoms with Gasteiger partial charge in [-0.15, -0.1) is 4.91 Å². The second-order valence-corrected chi connectivity index (χ2v) is 6.37. The summed E-state index contributed by atoms with van der Waals surface area (Å²) in [4.78, 5) is 48.8. The van der Waals surface area contributed by atoms with Gasteiger partial charge in [-0.05, 0) is 37.1 Å². The van der Waals surface area contributed by atoms with Crippen molar-refractivity contribution >= 4 is 23.4 Å². The molecule has 1 N–H and O–H groups in total. The van der Waals surface area contributed by atoms with Gasteiger partial charge in [-0.25, -0.2) is 9.59 Å². The fourth-order valence-electron chi connectivity index (χ4n) is 2.62. The number of carbonyl (C=O) groups excluding carboxylic acids is 3. The average Bonchev–Trinajstić information content (AvgIpc) is 3.12. The normalized spacial score (nSPS) is 13.7. The number of benzene rings is 1. The van der Waals surface area contributed by atoms with Crippen LogP contribution in [0.2, 0.25) is 0 Å². The number of esters is 2. The summed E-state index contributed by atoms with van der Waals surface area (Å²) < 4.78 is 9.18. The van der Waals surface area contributed by atoms with E-state index in [0.29, 0.717) is 0 Å². The molecule has 0 bridgehead atoms. The van der Waals surface area contributed by atoms with Crippen molar-refractivity contribution in [2.24, 2.45) is 10.3 Å². The van der Waals surface area contributed by atoms with Gasteiger partial charge in [0.05, 0.1) is 13.2 Å². The van der Waals surface area contributed by atoms with E-state index in [9.17, 15) is 19.3 Å². The van der Waals surface area contributed by atoms with Gasteiger partial charge >= 0.3 is 11.9 Å². The third kappa shape index (κ3) is 8.00. The number of ether oxygens (including phenoxy) is 2. The van der Waals surface area contributed by atoms with Gasteiger partial charge < -0.3 is 19.4 Å². The predicted molar refractivity (Wildman–Crippen MR) is 111 cm³/mol. The van der Waals surface area contributed by atoms with Crippen LogP contribution < -0.4 is 0 Å². The van der Waals surface area contributed by atoms with E-state index in [-0.39, 0.29) is 25.0 Å². The Morgan fingerprint density at radius 1 is 1.00 bits per heavy atom. The maximum absolute atomic E-state index is 11.6. The lowest BCUT2D eigenvalue weighted by Crippen LogP contribution is -2.25. The zero-order valence-electron chi connectivity index (χ0n) is 17.9. The summed E-state index contributed by atoms with van der Waals surface area (Å²) in [7, 11) is 0. The molecule has 1 aliphatic rings. The van der Waals surface area contributed by atoms with Crippen molar-refractivity contribution < 1.29 is 33.8 Å². The van der Waals surface area contributed by atoms with Crippen LogP contribution in [-0.2, 0) is 41.5 Å². The van der Waals surface area contributed by atoms with Crippen LogP contribution in [0.3, 0.4) is 0 Å². The van der Waals surface area contributed by atoms with E-state index >= 15 is 0 Å². The number of ketones is 1. The molecular weight excluding hydrogens is 408 g/mol. The number of carbonyl (C=O) groups is 3. The molecule has 1 aromatic carbocycles. The maximum atomic E-state index is 11.6. The second-order valence-electron chi connectivity index (χ2n) is 6.37. The molecule has 0 saturated heterocycles. The molecule has 0 unspecified atom stereocenters. The molecule has 1 aliphatic carbocycles. The maximum Gasteiger partial charge on any atom is 0.364 e. The van der Waals surface area contributed by atoms with Crippen molar-refractivity contribution in [2.75, 3.05) is 13.2 Å². The van der Waals surface area contributed by atoms with E-state index in [1.54, 1.807) is 13.8 Å². The Kier molecular flexibility index (Phi) is 10.6. The fraction of sp³-hybridized carbons (Fsp3) is 0.429. The number of aliphatic hydroxyl groups is 1. The molecule has 0 aliphatic heterocycles. The Morgan fingerprint density at radius 3 is 1.94 bits per heavy atom. The molecule has 168 valence electrons. The summed E-state index contributed by atoms with van der Waals surface area (Å²) in [6, 6.07) is 8.04. The number of fused-ring (bicyclic) bond motifs is 1. The van der Waals surface area contributed by atoms with Gasteiger partial charge in [0.25, 0.3) is 0 Å². The van der Waals surface area contributed by atoms with Crippen LogP contribution in [0.4, 0.5) is 0 Å². The van der Waals surface area contributed by atoms with E-state index in [4.69, 9.17) is 14.7 Å². The highest BCUT2D eigenvalue weighted by atomic mass is 16.6. The molecule has 0 aromatic heterocycles. The Morgan fingerprint density at radius 2 is 1.52 bits per heavy atom. The van der Waals surface area contributed by atoms with Gasteiger partial charge in [0.2, 0.25) is 11.4 Å². The predicted octanol–water partition coefficient (Wildman–Crippen LogP) is 2.78. The first-order valence-electron chi connectivity index (χ1n) is 9.63. The Bertz CT molecular complexity index is 847. The molecule has 10 nitrogen and oxygen atoms in total. The van der Waals surface area contributed by atoms with Crippen molar-refractivity contribution in [3.8, 4) is 0 Å². The van der Waals surface area contributed by atoms with Crippen LogP contribution in [0.1, 0.15) is 38.8 Å². The molecule has 0 spiro atoms. The Labute approximate surface area is 179 Å². The lowest BCUT2D eigenvalue weighted by molar-refractivity contribution is -0.139. The molecule has 10 heteroatoms. The van der Waals surface area contributed by atoms with Crippen LogP contribution in [0.15, 0.2) is 46.1 Å². The van der Waals surface area contributed by atoms with Crippen LogP contribution in [0, 0.1) is 4.91 Å². The van der Waals surface area contributed by atoms with Crippen molar-refractivity contribution in [2.45, 2.75) is 46.6 Å². The first-order valence-corrected chi connectivity index (χ1v) is 9.63. The molecule has 0 heterocycles. The quantitative estimate of drug-likeness (QED) is 0.125. The number of hydrogen-bond acceptors (Lipinski definition) is 10. The lowest BCUT2D eigenvalue weighted by atomic mass is 10.1. The summed E-state index contributed by atoms with van der Waals surface area (Å²) in [5, 5.41) is 14.7. The molecule has 0 fully saturated rings. The first kappa shape index (κ1) is 25.5. The van der Waals surface area contributed by atoms with Crippen molar-refractivity contribution in [1.82, 2.24) is 0 Å². The molecule has 0 saturated carbocycles. The molecule has 1 aromatic rings. The molecule has 0 amide bonds. The van der Waals surface area contributed by atoms with Gasteiger partial charge in [0, 0.05) is 19.8 Å². The summed E-state index contributed by atoms with van der Waals surface area (Å²) in [6.45, 7) is 6.05. The monoisotopic (exact) mass is 434 g/mol. The average molecular weight is 434 g/mol. The second kappa shape index (κ2) is 12.9. The Hall–Kier alpha value is -3.56. The minimum atomic E-state index is -0.900. The number of rotatable bonds is 8. The number of hydrogen-bond donors (Lipinski definition) is 1. The largest absolute Gasteiger partial charge is 0.510 e. The smallest absolute Gasteiger partial charge is 0.364 e. The van der Waals surface area contributed by atoms with Gasteiger partial charge in [-0.2, -0.15) is 0 Å². The van der Waals surface area contributed by atoms with Gasteiger partial charge in [-0.1, -0.05) is 29.4 Å². The highest BCUT2D eigenvalue weighted by Gasteiger charge is 2.24. The van der Waals surface area contributed by atoms with Crippen LogP contribution >= 0.6 is 0 Å². The van der Waals surface area contributed by atoms with Gasteiger partial charge in [-0.3, -0.25) is 4.79 Å². The van der Waals surface area contributed by atoms with Crippen LogP contribution in [0.25, 0.3) is 0 Å². The third-order valence-corrected chi connectivity index (χ3v) is 4.01. The van der Waals surface area contributed by atoms with Crippen molar-refractivity contribution in [3.05, 3.63) is 51.8 Å². The zero-order chi connectivity index (χ0) is 23.4. The minimum absolute atomic E-state index is 0.142. The highest BCUT2D eigenvalue weighted by Crippen LogP contribution is 2.23. The van der Waals surface area contributed by atoms with Crippen LogP contribution in [0.5, 0.6) is 0 Å². The number of Topliss-reactive ketones (excluding diaryl/α,β-unsaturated/α-hetero) is 1. The van der Waals surface area contributed by atoms with E-state index < -0.39 is 29.2 Å². The van der Waals surface area contributed by atoms with Gasteiger partial charge in [0.15, 0.2) is 5.78 Å². The summed E-state index contributed by atoms with van der Waals surface area (Å²) in [5.74, 6) is -2.53. The first-order chi connectivity index (χ1) is 14.7. The number of oxime groups is 1. The summed E-state index contributed by atoms with van der Waals surface area (Å²) >= 11 is 0. The number of nitrogens with zero attached hydrogens (tertiary/aromatic N) is 2. The van der Waals surface area contributed by atoms with E-state index in [0.717, 1.165) is 12.8 Å². The fourth-order valence-corrected chi connectivity index (χ4v) is 2.62. The summed E-state index contributed by atoms with van der Waals surface area (Å²) in [6.07, 6.45) is 1.32. The SMILES string of the molecule is CCOC(=O)/C(=N\OC1Cc2ccccc2C1)C(C)=O.CCOC(=O)C(N=O)=C(C)O. The molecular formula is C21H26N2O8. The van der Waals surface area contributed by atoms with Gasteiger partial charge in [0.1, 0.15) is 11.9 Å². The number of aliphatic hydroxyl groups excluding tert-OH is 1. The molecule has 2 rings (SSSR count). The zero-order valence-corrected chi connectivity index (χ0v) is 17.9. The standard InChI is InChI=1S/C15H17NO4.C6H9NO4/c1-3-19-15(18)14(10(2)17)16-20-13-8-11-6-4-5-7-12(11)9-13;1-3-11-6(9)5(7-10)4(2)8/h4-7,13H,3,8-9H2,1-2H3;8H,3H2,1-2H3/b16-14-;. The minimum Gasteiger partial charge on any atom is -0.510 e. The highest BCUT2D eigenvalue weighted by molar-refractivity contribution is 6.63. The molecule has 31 heavy (non-hydrogen) atoms.